The highest BCUT2D eigenvalue weighted by Gasteiger charge is 2.23. The van der Waals surface area contributed by atoms with Crippen LogP contribution in [0.5, 0.6) is 0 Å². The molecule has 2 heterocycles. The van der Waals surface area contributed by atoms with Crippen LogP contribution >= 0.6 is 22.9 Å². The van der Waals surface area contributed by atoms with E-state index in [2.05, 4.69) is 39.5 Å². The van der Waals surface area contributed by atoms with Gasteiger partial charge in [-0.1, -0.05) is 54.1 Å². The molecule has 0 unspecified atom stereocenters. The van der Waals surface area contributed by atoms with Crippen molar-refractivity contribution in [2.45, 2.75) is 32.4 Å². The minimum absolute atomic E-state index is 0.0187. The zero-order chi connectivity index (χ0) is 20.2. The van der Waals surface area contributed by atoms with Gasteiger partial charge in [0.25, 0.3) is 5.91 Å². The summed E-state index contributed by atoms with van der Waals surface area (Å²) in [6.07, 6.45) is 1.94. The van der Waals surface area contributed by atoms with E-state index in [-0.39, 0.29) is 11.9 Å². The van der Waals surface area contributed by atoms with E-state index in [9.17, 15) is 4.79 Å². The molecule has 29 heavy (non-hydrogen) atoms. The first kappa shape index (κ1) is 20.1. The summed E-state index contributed by atoms with van der Waals surface area (Å²) < 4.78 is 0. The summed E-state index contributed by atoms with van der Waals surface area (Å²) in [6, 6.07) is 18.3. The summed E-state index contributed by atoms with van der Waals surface area (Å²) in [5.41, 5.74) is 3.05. The molecule has 1 saturated heterocycles. The van der Waals surface area contributed by atoms with Gasteiger partial charge in [0.1, 0.15) is 9.88 Å². The Morgan fingerprint density at radius 1 is 1.17 bits per heavy atom. The van der Waals surface area contributed by atoms with Gasteiger partial charge >= 0.3 is 0 Å². The molecule has 6 heteroatoms. The Morgan fingerprint density at radius 3 is 2.66 bits per heavy atom. The van der Waals surface area contributed by atoms with Crippen LogP contribution in [0.3, 0.4) is 0 Å². The molecule has 0 radical (unpaired) electrons. The Balaban J connectivity index is 1.34. The van der Waals surface area contributed by atoms with Crippen LogP contribution in [0, 0.1) is 6.92 Å². The molecule has 1 aliphatic heterocycles. The largest absolute Gasteiger partial charge is 0.348 e. The van der Waals surface area contributed by atoms with Gasteiger partial charge in [0.05, 0.1) is 5.69 Å². The van der Waals surface area contributed by atoms with Crippen LogP contribution < -0.4 is 5.32 Å². The number of nitrogens with one attached hydrogen (secondary N) is 1. The fraction of sp³-hybridized carbons (Fsp3) is 0.304. The lowest BCUT2D eigenvalue weighted by atomic mass is 10.0. The second kappa shape index (κ2) is 9.08. The molecule has 4 rings (SSSR count). The average molecular weight is 426 g/mol. The smallest absolute Gasteiger partial charge is 0.263 e. The second-order valence-electron chi connectivity index (χ2n) is 7.45. The van der Waals surface area contributed by atoms with Crippen molar-refractivity contribution in [1.82, 2.24) is 15.2 Å². The molecule has 0 saturated carbocycles. The van der Waals surface area contributed by atoms with E-state index < -0.39 is 0 Å². The van der Waals surface area contributed by atoms with Gasteiger partial charge < -0.3 is 5.32 Å². The van der Waals surface area contributed by atoms with E-state index >= 15 is 0 Å². The molecule has 1 N–H and O–H groups in total. The third-order valence-electron chi connectivity index (χ3n) is 5.25. The van der Waals surface area contributed by atoms with Crippen LogP contribution in [0.15, 0.2) is 54.6 Å². The summed E-state index contributed by atoms with van der Waals surface area (Å²) >= 11 is 7.52. The molecule has 0 bridgehead atoms. The van der Waals surface area contributed by atoms with E-state index in [4.69, 9.17) is 11.6 Å². The van der Waals surface area contributed by atoms with Crippen LogP contribution in [0.25, 0.3) is 10.6 Å². The molecule has 150 valence electrons. The van der Waals surface area contributed by atoms with Crippen molar-refractivity contribution in [2.24, 2.45) is 0 Å². The third kappa shape index (κ3) is 5.04. The minimum atomic E-state index is -0.0187. The standard InChI is InChI=1S/C23H24ClN3OS/c1-16-21(29-23(25-16)18-8-5-9-19(24)14-18)22(28)26-20-10-12-27(13-11-20)15-17-6-3-2-4-7-17/h2-9,14,20H,10-13,15H2,1H3,(H,26,28). The van der Waals surface area contributed by atoms with Crippen molar-refractivity contribution < 1.29 is 4.79 Å². The molecule has 0 aliphatic carbocycles. The van der Waals surface area contributed by atoms with E-state index in [1.807, 2.05) is 37.3 Å². The summed E-state index contributed by atoms with van der Waals surface area (Å²) in [6.45, 7) is 4.85. The maximum Gasteiger partial charge on any atom is 0.263 e. The van der Waals surface area contributed by atoms with Crippen molar-refractivity contribution in [3.05, 3.63) is 75.8 Å². The molecule has 4 nitrogen and oxygen atoms in total. The van der Waals surface area contributed by atoms with Crippen molar-refractivity contribution in [3.63, 3.8) is 0 Å². The number of aromatic nitrogens is 1. The number of rotatable bonds is 5. The molecule has 0 spiro atoms. The number of amides is 1. The molecular formula is C23H24ClN3OS. The number of halogens is 1. The number of carbonyl (C=O) groups is 1. The number of thiazole rings is 1. The van der Waals surface area contributed by atoms with Crippen molar-refractivity contribution in [1.29, 1.82) is 0 Å². The fourth-order valence-corrected chi connectivity index (χ4v) is 4.84. The number of nitrogens with zero attached hydrogens (tertiary/aromatic N) is 2. The van der Waals surface area contributed by atoms with Gasteiger partial charge in [-0.25, -0.2) is 4.98 Å². The highest BCUT2D eigenvalue weighted by molar-refractivity contribution is 7.17. The van der Waals surface area contributed by atoms with Gasteiger partial charge in [0.15, 0.2) is 0 Å². The molecule has 3 aromatic rings. The highest BCUT2D eigenvalue weighted by atomic mass is 35.5. The van der Waals surface area contributed by atoms with Gasteiger partial charge in [-0.05, 0) is 37.5 Å². The predicted octanol–water partition coefficient (Wildman–Crippen LogP) is 5.17. The number of hydrogen-bond donors (Lipinski definition) is 1. The second-order valence-corrected chi connectivity index (χ2v) is 8.89. The van der Waals surface area contributed by atoms with Crippen LogP contribution in [0.1, 0.15) is 33.8 Å². The van der Waals surface area contributed by atoms with Crippen molar-refractivity contribution in [3.8, 4) is 10.6 Å². The van der Waals surface area contributed by atoms with Crippen LogP contribution in [0.4, 0.5) is 0 Å². The lowest BCUT2D eigenvalue weighted by Gasteiger charge is -2.32. The van der Waals surface area contributed by atoms with Gasteiger partial charge in [0.2, 0.25) is 0 Å². The quantitative estimate of drug-likeness (QED) is 0.613. The summed E-state index contributed by atoms with van der Waals surface area (Å²) in [5, 5.41) is 4.71. The maximum absolute atomic E-state index is 12.8. The monoisotopic (exact) mass is 425 g/mol. The SMILES string of the molecule is Cc1nc(-c2cccc(Cl)c2)sc1C(=O)NC1CCN(Cc2ccccc2)CC1. The Hall–Kier alpha value is -2.21. The van der Waals surface area contributed by atoms with Gasteiger partial charge in [0, 0.05) is 36.3 Å². The molecule has 1 fully saturated rings. The van der Waals surface area contributed by atoms with Crippen LogP contribution in [0.2, 0.25) is 5.02 Å². The fourth-order valence-electron chi connectivity index (χ4n) is 3.68. The highest BCUT2D eigenvalue weighted by Crippen LogP contribution is 2.29. The van der Waals surface area contributed by atoms with Gasteiger partial charge in [-0.2, -0.15) is 0 Å². The Bertz CT molecular complexity index is 981. The number of benzene rings is 2. The van der Waals surface area contributed by atoms with E-state index in [1.165, 1.54) is 16.9 Å². The Morgan fingerprint density at radius 2 is 1.93 bits per heavy atom. The number of carbonyl (C=O) groups excluding carboxylic acids is 1. The zero-order valence-electron chi connectivity index (χ0n) is 16.4. The van der Waals surface area contributed by atoms with Crippen LogP contribution in [-0.4, -0.2) is 34.9 Å². The number of piperidine rings is 1. The first-order valence-corrected chi connectivity index (χ1v) is 11.1. The normalized spacial score (nSPS) is 15.4. The first-order chi connectivity index (χ1) is 14.1. The number of likely N-dealkylation sites (tertiary alicyclic amines) is 1. The van der Waals surface area contributed by atoms with Crippen molar-refractivity contribution >= 4 is 28.8 Å². The predicted molar refractivity (Wildman–Crippen MR) is 120 cm³/mol. The molecule has 1 aliphatic rings. The number of hydrogen-bond acceptors (Lipinski definition) is 4. The van der Waals surface area contributed by atoms with E-state index in [1.54, 1.807) is 0 Å². The first-order valence-electron chi connectivity index (χ1n) is 9.89. The van der Waals surface area contributed by atoms with E-state index in [0.717, 1.165) is 48.7 Å². The number of aryl methyl sites for hydroxylation is 1. The zero-order valence-corrected chi connectivity index (χ0v) is 18.0. The minimum Gasteiger partial charge on any atom is -0.348 e. The molecule has 1 amide bonds. The lowest BCUT2D eigenvalue weighted by molar-refractivity contribution is 0.0912. The maximum atomic E-state index is 12.8. The van der Waals surface area contributed by atoms with Gasteiger partial charge in [-0.15, -0.1) is 11.3 Å². The Labute approximate surface area is 180 Å². The third-order valence-corrected chi connectivity index (χ3v) is 6.69. The molecule has 2 aromatic carbocycles. The Kier molecular flexibility index (Phi) is 6.28. The summed E-state index contributed by atoms with van der Waals surface area (Å²) in [5.74, 6) is -0.0187. The topological polar surface area (TPSA) is 45.2 Å². The van der Waals surface area contributed by atoms with Crippen molar-refractivity contribution in [2.75, 3.05) is 13.1 Å². The molecule has 1 aromatic heterocycles. The summed E-state index contributed by atoms with van der Waals surface area (Å²) in [7, 11) is 0. The average Bonchev–Trinajstić information content (AvgIpc) is 3.12. The molecular weight excluding hydrogens is 402 g/mol. The van der Waals surface area contributed by atoms with E-state index in [0.29, 0.717) is 9.90 Å². The van der Waals surface area contributed by atoms with Gasteiger partial charge in [-0.3, -0.25) is 9.69 Å². The lowest BCUT2D eigenvalue weighted by Crippen LogP contribution is -2.44. The van der Waals surface area contributed by atoms with Crippen LogP contribution in [-0.2, 0) is 6.54 Å². The molecule has 0 atom stereocenters. The summed E-state index contributed by atoms with van der Waals surface area (Å²) in [4.78, 5) is 20.6.